The molecule has 7 heteroatoms. The first-order chi connectivity index (χ1) is 5.93. The quantitative estimate of drug-likeness (QED) is 0.650. The Morgan fingerprint density at radius 1 is 1.69 bits per heavy atom. The monoisotopic (exact) mass is 208 g/mol. The molecule has 0 saturated heterocycles. The highest BCUT2D eigenvalue weighted by Crippen LogP contribution is 1.98. The molecule has 0 unspecified atom stereocenters. The number of rotatable bonds is 4. The first kappa shape index (κ1) is 11.9. The summed E-state index contributed by atoms with van der Waals surface area (Å²) in [6.45, 7) is 4.66. The van der Waals surface area contributed by atoms with E-state index in [1.54, 1.807) is 0 Å². The summed E-state index contributed by atoms with van der Waals surface area (Å²) in [7, 11) is -4.02. The van der Waals surface area contributed by atoms with Gasteiger partial charge in [0.25, 0.3) is 0 Å². The minimum absolute atomic E-state index is 0.0507. The zero-order valence-electron chi connectivity index (χ0n) is 7.26. The predicted octanol–water partition coefficient (Wildman–Crippen LogP) is -0.166. The summed E-state index contributed by atoms with van der Waals surface area (Å²) in [5.41, 5.74) is 0. The largest absolute Gasteiger partial charge is 0.444 e. The van der Waals surface area contributed by atoms with Crippen molar-refractivity contribution in [1.29, 1.82) is 0 Å². The molecule has 0 spiro atoms. The summed E-state index contributed by atoms with van der Waals surface area (Å²) in [6.07, 6.45) is 0.333. The lowest BCUT2D eigenvalue weighted by atomic mass is 10.7. The van der Waals surface area contributed by atoms with Crippen molar-refractivity contribution in [2.24, 2.45) is 5.14 Å². The van der Waals surface area contributed by atoms with Gasteiger partial charge in [-0.15, -0.1) is 0 Å². The Hall–Kier alpha value is -1.08. The number of nitrogens with zero attached hydrogens (tertiary/aromatic N) is 1. The fourth-order valence-electron chi connectivity index (χ4n) is 0.615. The number of nitrogens with two attached hydrogens (primary N) is 1. The molecule has 0 aliphatic heterocycles. The maximum Gasteiger partial charge on any atom is 0.424 e. The third-order valence-corrected chi connectivity index (χ3v) is 2.14. The minimum Gasteiger partial charge on any atom is -0.444 e. The van der Waals surface area contributed by atoms with Crippen LogP contribution in [-0.2, 0) is 14.9 Å². The summed E-state index contributed by atoms with van der Waals surface area (Å²) in [5.74, 6) is 0. The Labute approximate surface area is 77.1 Å². The summed E-state index contributed by atoms with van der Waals surface area (Å²) >= 11 is 0. The number of carbonyl (C=O) groups excluding carboxylic acids is 1. The van der Waals surface area contributed by atoms with Crippen LogP contribution in [0.25, 0.3) is 0 Å². The Morgan fingerprint density at radius 2 is 2.23 bits per heavy atom. The van der Waals surface area contributed by atoms with E-state index in [1.165, 1.54) is 13.0 Å². The zero-order valence-corrected chi connectivity index (χ0v) is 8.08. The van der Waals surface area contributed by atoms with Crippen molar-refractivity contribution in [2.75, 3.05) is 13.2 Å². The van der Waals surface area contributed by atoms with E-state index in [4.69, 9.17) is 5.14 Å². The molecule has 0 saturated carbocycles. The molecule has 0 aromatic rings. The van der Waals surface area contributed by atoms with Crippen LogP contribution in [0.15, 0.2) is 12.7 Å². The predicted molar refractivity (Wildman–Crippen MR) is 47.0 cm³/mol. The van der Waals surface area contributed by atoms with Crippen LogP contribution in [-0.4, -0.2) is 32.0 Å². The van der Waals surface area contributed by atoms with E-state index in [2.05, 4.69) is 11.3 Å². The van der Waals surface area contributed by atoms with Gasteiger partial charge in [-0.05, 0) is 6.92 Å². The maximum atomic E-state index is 11.0. The van der Waals surface area contributed by atoms with Gasteiger partial charge >= 0.3 is 16.3 Å². The van der Waals surface area contributed by atoms with Gasteiger partial charge in [0, 0.05) is 6.54 Å². The third-order valence-electron chi connectivity index (χ3n) is 1.12. The molecule has 76 valence electrons. The second-order valence-corrected chi connectivity index (χ2v) is 3.55. The summed E-state index contributed by atoms with van der Waals surface area (Å²) in [4.78, 5) is 11.0. The lowest BCUT2D eigenvalue weighted by Gasteiger charge is -2.16. The van der Waals surface area contributed by atoms with E-state index < -0.39 is 16.3 Å². The molecule has 2 N–H and O–H groups in total. The lowest BCUT2D eigenvalue weighted by Crippen LogP contribution is -2.41. The molecule has 0 aliphatic carbocycles. The highest BCUT2D eigenvalue weighted by Gasteiger charge is 2.22. The van der Waals surface area contributed by atoms with Crippen LogP contribution in [0.4, 0.5) is 4.79 Å². The first-order valence-electron chi connectivity index (χ1n) is 3.51. The topological polar surface area (TPSA) is 89.7 Å². The molecule has 0 aliphatic rings. The molecule has 0 atom stereocenters. The van der Waals surface area contributed by atoms with E-state index in [0.717, 1.165) is 0 Å². The van der Waals surface area contributed by atoms with E-state index in [9.17, 15) is 13.2 Å². The summed E-state index contributed by atoms with van der Waals surface area (Å²) in [6, 6.07) is 0. The third kappa shape index (κ3) is 3.90. The standard InChI is InChI=1S/C6H12N2O4S/c1-3-5-12-6(9)8(4-2)13(7,10)11/h3H,1,4-5H2,2H3,(H2,7,10,11). The molecular formula is C6H12N2O4S. The second kappa shape index (κ2) is 4.83. The summed E-state index contributed by atoms with van der Waals surface area (Å²) < 4.78 is 26.4. The fourth-order valence-corrected chi connectivity index (χ4v) is 1.24. The van der Waals surface area contributed by atoms with E-state index >= 15 is 0 Å². The maximum absolute atomic E-state index is 11.0. The Balaban J connectivity index is 4.42. The van der Waals surface area contributed by atoms with E-state index in [0.29, 0.717) is 4.31 Å². The highest BCUT2D eigenvalue weighted by molar-refractivity contribution is 7.87. The fraction of sp³-hybridized carbons (Fsp3) is 0.500. The Bertz CT molecular complexity index is 285. The van der Waals surface area contributed by atoms with Gasteiger partial charge in [0.2, 0.25) is 0 Å². The van der Waals surface area contributed by atoms with Gasteiger partial charge < -0.3 is 4.74 Å². The second-order valence-electron chi connectivity index (χ2n) is 2.08. The molecule has 0 aromatic carbocycles. The minimum atomic E-state index is -4.02. The molecule has 0 radical (unpaired) electrons. The molecule has 0 bridgehead atoms. The van der Waals surface area contributed by atoms with Crippen LogP contribution >= 0.6 is 0 Å². The van der Waals surface area contributed by atoms with Gasteiger partial charge in [0.05, 0.1) is 0 Å². The molecule has 1 amide bonds. The molecule has 13 heavy (non-hydrogen) atoms. The van der Waals surface area contributed by atoms with Gasteiger partial charge in [-0.2, -0.15) is 12.7 Å². The van der Waals surface area contributed by atoms with Crippen molar-refractivity contribution in [3.63, 3.8) is 0 Å². The molecule has 6 nitrogen and oxygen atoms in total. The van der Waals surface area contributed by atoms with Crippen molar-refractivity contribution in [1.82, 2.24) is 4.31 Å². The van der Waals surface area contributed by atoms with Crippen molar-refractivity contribution < 1.29 is 17.9 Å². The van der Waals surface area contributed by atoms with Crippen molar-refractivity contribution in [3.05, 3.63) is 12.7 Å². The number of amides is 1. The van der Waals surface area contributed by atoms with Gasteiger partial charge in [0.15, 0.2) is 0 Å². The molecule has 0 rings (SSSR count). The van der Waals surface area contributed by atoms with E-state index in [-0.39, 0.29) is 13.2 Å². The smallest absolute Gasteiger partial charge is 0.424 e. The van der Waals surface area contributed by atoms with Gasteiger partial charge in [-0.3, -0.25) is 0 Å². The van der Waals surface area contributed by atoms with Crippen LogP contribution in [0.3, 0.4) is 0 Å². The van der Waals surface area contributed by atoms with E-state index in [1.807, 2.05) is 0 Å². The SMILES string of the molecule is C=CCOC(=O)N(CC)S(N)(=O)=O. The van der Waals surface area contributed by atoms with Crippen LogP contribution in [0.2, 0.25) is 0 Å². The normalized spacial score (nSPS) is 10.6. The molecule has 0 heterocycles. The van der Waals surface area contributed by atoms with Crippen molar-refractivity contribution >= 4 is 16.3 Å². The number of hydrogen-bond acceptors (Lipinski definition) is 4. The van der Waals surface area contributed by atoms with Crippen LogP contribution in [0.1, 0.15) is 6.92 Å². The highest BCUT2D eigenvalue weighted by atomic mass is 32.2. The van der Waals surface area contributed by atoms with Crippen LogP contribution in [0, 0.1) is 0 Å². The zero-order chi connectivity index (χ0) is 10.5. The average Bonchev–Trinajstić information content (AvgIpc) is 1.99. The molecule has 0 fully saturated rings. The van der Waals surface area contributed by atoms with Gasteiger partial charge in [0.1, 0.15) is 6.61 Å². The molecule has 0 aromatic heterocycles. The van der Waals surface area contributed by atoms with Crippen molar-refractivity contribution in [3.8, 4) is 0 Å². The van der Waals surface area contributed by atoms with Crippen LogP contribution in [0.5, 0.6) is 0 Å². The number of carbonyl (C=O) groups is 1. The molecular weight excluding hydrogens is 196 g/mol. The van der Waals surface area contributed by atoms with Crippen molar-refractivity contribution in [2.45, 2.75) is 6.92 Å². The lowest BCUT2D eigenvalue weighted by molar-refractivity contribution is 0.138. The Kier molecular flexibility index (Phi) is 4.43. The van der Waals surface area contributed by atoms with Gasteiger partial charge in [-0.1, -0.05) is 12.7 Å². The van der Waals surface area contributed by atoms with Gasteiger partial charge in [-0.25, -0.2) is 9.93 Å². The number of ether oxygens (including phenoxy) is 1. The van der Waals surface area contributed by atoms with Crippen LogP contribution < -0.4 is 5.14 Å². The first-order valence-corrected chi connectivity index (χ1v) is 5.02. The average molecular weight is 208 g/mol. The summed E-state index contributed by atoms with van der Waals surface area (Å²) in [5, 5.41) is 4.73. The number of hydrogen-bond donors (Lipinski definition) is 1. The Morgan fingerprint density at radius 3 is 2.54 bits per heavy atom.